The number of benzene rings is 1. The molecule has 22 heavy (non-hydrogen) atoms. The van der Waals surface area contributed by atoms with Crippen molar-refractivity contribution in [3.8, 4) is 5.88 Å². The fourth-order valence-corrected chi connectivity index (χ4v) is 1.99. The van der Waals surface area contributed by atoms with Crippen molar-refractivity contribution < 1.29 is 17.9 Å². The molecule has 0 saturated carbocycles. The Morgan fingerprint density at radius 1 is 1.14 bits per heavy atom. The van der Waals surface area contributed by atoms with Crippen LogP contribution in [0.25, 0.3) is 10.9 Å². The monoisotopic (exact) mass is 307 g/mol. The fraction of sp³-hybridized carbons (Fsp3) is 0.133. The van der Waals surface area contributed by atoms with Gasteiger partial charge in [0.15, 0.2) is 6.61 Å². The third-order valence-electron chi connectivity index (χ3n) is 2.93. The van der Waals surface area contributed by atoms with Gasteiger partial charge in [-0.15, -0.1) is 0 Å². The minimum Gasteiger partial charge on any atom is -0.468 e. The number of pyridine rings is 1. The Labute approximate surface area is 123 Å². The molecule has 0 saturated heterocycles. The normalized spacial score (nSPS) is 11.6. The van der Waals surface area contributed by atoms with Crippen LogP contribution < -0.4 is 10.1 Å². The van der Waals surface area contributed by atoms with E-state index >= 15 is 0 Å². The predicted molar refractivity (Wildman–Crippen MR) is 77.4 cm³/mol. The van der Waals surface area contributed by atoms with Crippen LogP contribution in [0.15, 0.2) is 48.7 Å². The summed E-state index contributed by atoms with van der Waals surface area (Å²) in [6, 6.07) is 12.2. The van der Waals surface area contributed by atoms with E-state index in [4.69, 9.17) is 0 Å². The molecule has 0 amide bonds. The van der Waals surface area contributed by atoms with Crippen LogP contribution in [0.4, 0.5) is 24.7 Å². The second kappa shape index (κ2) is 5.59. The molecule has 7 heteroatoms. The van der Waals surface area contributed by atoms with E-state index in [2.05, 4.69) is 20.0 Å². The first-order valence-corrected chi connectivity index (χ1v) is 6.50. The van der Waals surface area contributed by atoms with E-state index in [9.17, 15) is 13.2 Å². The number of H-pyrrole nitrogens is 1. The highest BCUT2D eigenvalue weighted by Crippen LogP contribution is 2.22. The van der Waals surface area contributed by atoms with Crippen LogP contribution in [0.3, 0.4) is 0 Å². The number of aromatic amines is 1. The van der Waals surface area contributed by atoms with Crippen molar-refractivity contribution in [2.45, 2.75) is 6.18 Å². The molecule has 2 heterocycles. The third kappa shape index (κ3) is 3.49. The van der Waals surface area contributed by atoms with Gasteiger partial charge in [0.25, 0.3) is 0 Å². The highest BCUT2D eigenvalue weighted by atomic mass is 19.4. The van der Waals surface area contributed by atoms with E-state index in [-0.39, 0.29) is 5.88 Å². The van der Waals surface area contributed by atoms with Crippen molar-refractivity contribution in [2.24, 2.45) is 0 Å². The summed E-state index contributed by atoms with van der Waals surface area (Å²) in [5.74, 6) is 0.328. The number of hydrogen-bond donors (Lipinski definition) is 2. The summed E-state index contributed by atoms with van der Waals surface area (Å²) < 4.78 is 41.0. The molecule has 114 valence electrons. The van der Waals surface area contributed by atoms with Gasteiger partial charge in [-0.2, -0.15) is 18.2 Å². The minimum absolute atomic E-state index is 0.0803. The Morgan fingerprint density at radius 2 is 2.00 bits per heavy atom. The van der Waals surface area contributed by atoms with E-state index in [1.165, 1.54) is 6.07 Å². The maximum Gasteiger partial charge on any atom is 0.422 e. The van der Waals surface area contributed by atoms with Crippen molar-refractivity contribution in [3.05, 3.63) is 48.7 Å². The first-order valence-electron chi connectivity index (χ1n) is 6.50. The van der Waals surface area contributed by atoms with Crippen LogP contribution in [-0.2, 0) is 0 Å². The standard InChI is InChI=1S/C15H12F3N3O/c16-15(17,18)9-22-14-3-1-2-13(21-14)20-11-5-4-10-6-7-19-12(10)8-11/h1-8,19H,9H2,(H,20,21). The van der Waals surface area contributed by atoms with E-state index in [0.29, 0.717) is 5.82 Å². The summed E-state index contributed by atoms with van der Waals surface area (Å²) in [6.07, 6.45) is -2.55. The molecule has 0 spiro atoms. The lowest BCUT2D eigenvalue weighted by atomic mass is 10.2. The third-order valence-corrected chi connectivity index (χ3v) is 2.93. The molecule has 3 aromatic rings. The Balaban J connectivity index is 1.74. The number of ether oxygens (including phenoxy) is 1. The van der Waals surface area contributed by atoms with E-state index in [1.54, 1.807) is 12.1 Å². The van der Waals surface area contributed by atoms with Crippen LogP contribution in [-0.4, -0.2) is 22.8 Å². The summed E-state index contributed by atoms with van der Waals surface area (Å²) >= 11 is 0. The zero-order valence-electron chi connectivity index (χ0n) is 11.3. The summed E-state index contributed by atoms with van der Waals surface area (Å²) in [6.45, 7) is -1.36. The SMILES string of the molecule is FC(F)(F)COc1cccc(Nc2ccc3cc[nH]c3c2)n1. The molecule has 3 rings (SSSR count). The molecule has 0 atom stereocenters. The number of aromatic nitrogens is 2. The molecule has 2 aromatic heterocycles. The fourth-order valence-electron chi connectivity index (χ4n) is 1.99. The van der Waals surface area contributed by atoms with Crippen LogP contribution in [0.2, 0.25) is 0 Å². The summed E-state index contributed by atoms with van der Waals surface area (Å²) in [7, 11) is 0. The second-order valence-electron chi connectivity index (χ2n) is 4.67. The van der Waals surface area contributed by atoms with Gasteiger partial charge >= 0.3 is 6.18 Å². The molecule has 0 aliphatic heterocycles. The molecular weight excluding hydrogens is 295 g/mol. The smallest absolute Gasteiger partial charge is 0.422 e. The molecule has 2 N–H and O–H groups in total. The Bertz CT molecular complexity index is 783. The number of alkyl halides is 3. The quantitative estimate of drug-likeness (QED) is 0.757. The number of halogens is 3. The molecule has 0 bridgehead atoms. The van der Waals surface area contributed by atoms with Crippen LogP contribution >= 0.6 is 0 Å². The van der Waals surface area contributed by atoms with Crippen molar-refractivity contribution in [1.29, 1.82) is 0 Å². The van der Waals surface area contributed by atoms with Gasteiger partial charge in [0.1, 0.15) is 5.82 Å². The van der Waals surface area contributed by atoms with Crippen LogP contribution in [0, 0.1) is 0 Å². The summed E-state index contributed by atoms with van der Waals surface area (Å²) in [5.41, 5.74) is 1.73. The first-order chi connectivity index (χ1) is 10.5. The zero-order valence-corrected chi connectivity index (χ0v) is 11.3. The maximum atomic E-state index is 12.1. The second-order valence-corrected chi connectivity index (χ2v) is 4.67. The highest BCUT2D eigenvalue weighted by molar-refractivity contribution is 5.83. The molecule has 0 aliphatic carbocycles. The molecule has 0 aliphatic rings. The number of nitrogens with zero attached hydrogens (tertiary/aromatic N) is 1. The average Bonchev–Trinajstić information content (AvgIpc) is 2.92. The molecular formula is C15H12F3N3O. The number of fused-ring (bicyclic) bond motifs is 1. The lowest BCUT2D eigenvalue weighted by molar-refractivity contribution is -0.154. The largest absolute Gasteiger partial charge is 0.468 e. The van der Waals surface area contributed by atoms with Crippen molar-refractivity contribution in [3.63, 3.8) is 0 Å². The van der Waals surface area contributed by atoms with E-state index in [1.807, 2.05) is 30.5 Å². The van der Waals surface area contributed by atoms with E-state index in [0.717, 1.165) is 16.6 Å². The van der Waals surface area contributed by atoms with Crippen LogP contribution in [0.1, 0.15) is 0 Å². The van der Waals surface area contributed by atoms with Crippen LogP contribution in [0.5, 0.6) is 5.88 Å². The molecule has 1 aromatic carbocycles. The maximum absolute atomic E-state index is 12.1. The van der Waals surface area contributed by atoms with Gasteiger partial charge in [0.2, 0.25) is 5.88 Å². The van der Waals surface area contributed by atoms with Gasteiger partial charge in [-0.1, -0.05) is 12.1 Å². The minimum atomic E-state index is -4.39. The topological polar surface area (TPSA) is 49.9 Å². The summed E-state index contributed by atoms with van der Waals surface area (Å²) in [5, 5.41) is 4.10. The first kappa shape index (κ1) is 14.2. The summed E-state index contributed by atoms with van der Waals surface area (Å²) in [4.78, 5) is 7.08. The molecule has 0 unspecified atom stereocenters. The lowest BCUT2D eigenvalue weighted by Crippen LogP contribution is -2.19. The predicted octanol–water partition coefficient (Wildman–Crippen LogP) is 4.25. The van der Waals surface area contributed by atoms with Gasteiger partial charge in [-0.25, -0.2) is 0 Å². The number of anilines is 2. The highest BCUT2D eigenvalue weighted by Gasteiger charge is 2.28. The average molecular weight is 307 g/mol. The molecule has 4 nitrogen and oxygen atoms in total. The van der Waals surface area contributed by atoms with Gasteiger partial charge in [-0.05, 0) is 29.7 Å². The number of hydrogen-bond acceptors (Lipinski definition) is 3. The van der Waals surface area contributed by atoms with Crippen molar-refractivity contribution >= 4 is 22.4 Å². The van der Waals surface area contributed by atoms with E-state index < -0.39 is 12.8 Å². The Hall–Kier alpha value is -2.70. The number of nitrogens with one attached hydrogen (secondary N) is 2. The number of rotatable bonds is 4. The van der Waals surface area contributed by atoms with Gasteiger partial charge in [-0.3, -0.25) is 0 Å². The Kier molecular flexibility index (Phi) is 3.62. The zero-order chi connectivity index (χ0) is 15.6. The van der Waals surface area contributed by atoms with Gasteiger partial charge < -0.3 is 15.0 Å². The molecule has 0 fully saturated rings. The lowest BCUT2D eigenvalue weighted by Gasteiger charge is -2.10. The van der Waals surface area contributed by atoms with Crippen molar-refractivity contribution in [2.75, 3.05) is 11.9 Å². The van der Waals surface area contributed by atoms with Gasteiger partial charge in [0, 0.05) is 23.5 Å². The molecule has 0 radical (unpaired) electrons. The van der Waals surface area contributed by atoms with Crippen molar-refractivity contribution in [1.82, 2.24) is 9.97 Å². The Morgan fingerprint density at radius 3 is 2.82 bits per heavy atom. The van der Waals surface area contributed by atoms with Gasteiger partial charge in [0.05, 0.1) is 0 Å².